The maximum atomic E-state index is 12.1. The summed E-state index contributed by atoms with van der Waals surface area (Å²) >= 11 is 0. The summed E-state index contributed by atoms with van der Waals surface area (Å²) in [5.74, 6) is 0. The topological polar surface area (TPSA) is 59.1 Å². The van der Waals surface area contributed by atoms with Gasteiger partial charge in [0.25, 0.3) is 0 Å². The quantitative estimate of drug-likeness (QED) is 0.793. The number of aliphatic hydroxyl groups is 1. The minimum absolute atomic E-state index is 0.373. The number of rotatable bonds is 2. The molecule has 0 fully saturated rings. The van der Waals surface area contributed by atoms with Crippen molar-refractivity contribution in [2.24, 2.45) is 5.73 Å². The first-order valence-corrected chi connectivity index (χ1v) is 4.29. The van der Waals surface area contributed by atoms with Crippen LogP contribution in [-0.4, -0.2) is 16.2 Å². The first-order valence-electron chi connectivity index (χ1n) is 4.29. The second-order valence-corrected chi connectivity index (χ2v) is 3.24. The van der Waals surface area contributed by atoms with Crippen LogP contribution in [0.4, 0.5) is 13.2 Å². The third-order valence-electron chi connectivity index (χ3n) is 1.98. The zero-order valence-corrected chi connectivity index (χ0v) is 7.99. The van der Waals surface area contributed by atoms with Crippen LogP contribution in [0.25, 0.3) is 0 Å². The zero-order valence-electron chi connectivity index (χ0n) is 7.99. The van der Waals surface area contributed by atoms with Gasteiger partial charge in [0.05, 0.1) is 12.1 Å². The third kappa shape index (κ3) is 2.90. The summed E-state index contributed by atoms with van der Waals surface area (Å²) in [5, 5.41) is 9.13. The molecule has 3 nitrogen and oxygen atoms in total. The van der Waals surface area contributed by atoms with Gasteiger partial charge in [-0.2, -0.15) is 13.2 Å². The fourth-order valence-electron chi connectivity index (χ4n) is 1.05. The van der Waals surface area contributed by atoms with Crippen molar-refractivity contribution >= 4 is 0 Å². The molecule has 3 N–H and O–H groups in total. The van der Waals surface area contributed by atoms with Crippen molar-refractivity contribution in [1.29, 1.82) is 0 Å². The van der Waals surface area contributed by atoms with Gasteiger partial charge in [-0.1, -0.05) is 6.07 Å². The standard InChI is InChI=1S/C9H11F3N2O/c1-5(15)8(13)6-2-3-7(14-4-6)9(10,11)12/h2-5,8,15H,13H2,1H3. The Kier molecular flexibility index (Phi) is 3.31. The first-order chi connectivity index (χ1) is 6.82. The molecule has 1 aromatic rings. The lowest BCUT2D eigenvalue weighted by molar-refractivity contribution is -0.141. The summed E-state index contributed by atoms with van der Waals surface area (Å²) in [6.07, 6.45) is -4.25. The Bertz CT molecular complexity index is 321. The van der Waals surface area contributed by atoms with Crippen LogP contribution >= 0.6 is 0 Å². The molecule has 0 amide bonds. The number of nitrogens with zero attached hydrogens (tertiary/aromatic N) is 1. The highest BCUT2D eigenvalue weighted by molar-refractivity contribution is 5.19. The lowest BCUT2D eigenvalue weighted by atomic mass is 10.1. The average molecular weight is 220 g/mol. The van der Waals surface area contributed by atoms with Gasteiger partial charge in [-0.3, -0.25) is 4.98 Å². The van der Waals surface area contributed by atoms with Crippen LogP contribution in [0.5, 0.6) is 0 Å². The highest BCUT2D eigenvalue weighted by Gasteiger charge is 2.32. The molecule has 0 saturated carbocycles. The van der Waals surface area contributed by atoms with E-state index < -0.39 is 24.0 Å². The van der Waals surface area contributed by atoms with Gasteiger partial charge >= 0.3 is 6.18 Å². The van der Waals surface area contributed by atoms with Gasteiger partial charge in [0.1, 0.15) is 5.69 Å². The van der Waals surface area contributed by atoms with E-state index in [2.05, 4.69) is 4.98 Å². The molecular weight excluding hydrogens is 209 g/mol. The van der Waals surface area contributed by atoms with Gasteiger partial charge in [-0.05, 0) is 18.6 Å². The van der Waals surface area contributed by atoms with Gasteiger partial charge in [-0.25, -0.2) is 0 Å². The van der Waals surface area contributed by atoms with E-state index in [4.69, 9.17) is 10.8 Å². The molecule has 15 heavy (non-hydrogen) atoms. The molecule has 0 radical (unpaired) electrons. The molecule has 0 bridgehead atoms. The molecule has 0 aliphatic carbocycles. The van der Waals surface area contributed by atoms with E-state index in [1.807, 2.05) is 0 Å². The Morgan fingerprint density at radius 2 is 2.00 bits per heavy atom. The van der Waals surface area contributed by atoms with Crippen molar-refractivity contribution in [2.45, 2.75) is 25.2 Å². The smallest absolute Gasteiger partial charge is 0.391 e. The minimum Gasteiger partial charge on any atom is -0.391 e. The van der Waals surface area contributed by atoms with Crippen molar-refractivity contribution in [3.05, 3.63) is 29.6 Å². The molecule has 2 unspecified atom stereocenters. The van der Waals surface area contributed by atoms with E-state index in [1.165, 1.54) is 13.0 Å². The Morgan fingerprint density at radius 1 is 1.40 bits per heavy atom. The number of aliphatic hydroxyl groups excluding tert-OH is 1. The van der Waals surface area contributed by atoms with Gasteiger partial charge in [0.2, 0.25) is 0 Å². The Balaban J connectivity index is 2.91. The highest BCUT2D eigenvalue weighted by atomic mass is 19.4. The second-order valence-electron chi connectivity index (χ2n) is 3.24. The Labute approximate surface area is 84.7 Å². The van der Waals surface area contributed by atoms with Crippen molar-refractivity contribution in [3.63, 3.8) is 0 Å². The molecule has 1 heterocycles. The predicted octanol–water partition coefficient (Wildman–Crippen LogP) is 1.48. The molecule has 0 aromatic carbocycles. The number of halogens is 3. The summed E-state index contributed by atoms with van der Waals surface area (Å²) < 4.78 is 36.4. The van der Waals surface area contributed by atoms with Gasteiger partial charge in [-0.15, -0.1) is 0 Å². The van der Waals surface area contributed by atoms with E-state index in [1.54, 1.807) is 0 Å². The minimum atomic E-state index is -4.45. The predicted molar refractivity (Wildman–Crippen MR) is 47.8 cm³/mol. The number of pyridine rings is 1. The van der Waals surface area contributed by atoms with Crippen molar-refractivity contribution in [3.8, 4) is 0 Å². The van der Waals surface area contributed by atoms with Crippen LogP contribution < -0.4 is 5.73 Å². The number of hydrogen-bond acceptors (Lipinski definition) is 3. The summed E-state index contributed by atoms with van der Waals surface area (Å²) in [5.41, 5.74) is 4.93. The number of aromatic nitrogens is 1. The lowest BCUT2D eigenvalue weighted by Crippen LogP contribution is -2.23. The highest BCUT2D eigenvalue weighted by Crippen LogP contribution is 2.27. The van der Waals surface area contributed by atoms with Gasteiger partial charge < -0.3 is 10.8 Å². The summed E-state index contributed by atoms with van der Waals surface area (Å²) in [6, 6.07) is 1.34. The Hall–Kier alpha value is -1.14. The molecule has 2 atom stereocenters. The van der Waals surface area contributed by atoms with Crippen LogP contribution in [0.15, 0.2) is 18.3 Å². The van der Waals surface area contributed by atoms with E-state index in [0.29, 0.717) is 5.56 Å². The van der Waals surface area contributed by atoms with Crippen molar-refractivity contribution < 1.29 is 18.3 Å². The normalized spacial score (nSPS) is 16.1. The van der Waals surface area contributed by atoms with E-state index in [9.17, 15) is 13.2 Å². The number of hydrogen-bond donors (Lipinski definition) is 2. The SMILES string of the molecule is CC(O)C(N)c1ccc(C(F)(F)F)nc1. The third-order valence-corrected chi connectivity index (χ3v) is 1.98. The van der Waals surface area contributed by atoms with E-state index >= 15 is 0 Å². The first kappa shape index (κ1) is 11.9. The maximum Gasteiger partial charge on any atom is 0.433 e. The van der Waals surface area contributed by atoms with Crippen molar-refractivity contribution in [2.75, 3.05) is 0 Å². The molecule has 0 aliphatic rings. The largest absolute Gasteiger partial charge is 0.433 e. The summed E-state index contributed by atoms with van der Waals surface area (Å²) in [4.78, 5) is 3.24. The summed E-state index contributed by atoms with van der Waals surface area (Å²) in [6.45, 7) is 1.46. The fraction of sp³-hybridized carbons (Fsp3) is 0.444. The van der Waals surface area contributed by atoms with Gasteiger partial charge in [0.15, 0.2) is 0 Å². The molecule has 84 valence electrons. The monoisotopic (exact) mass is 220 g/mol. The molecule has 6 heteroatoms. The fourth-order valence-corrected chi connectivity index (χ4v) is 1.05. The van der Waals surface area contributed by atoms with Crippen LogP contribution in [0.3, 0.4) is 0 Å². The molecule has 0 spiro atoms. The summed E-state index contributed by atoms with van der Waals surface area (Å²) in [7, 11) is 0. The van der Waals surface area contributed by atoms with Gasteiger partial charge in [0, 0.05) is 6.20 Å². The van der Waals surface area contributed by atoms with Crippen LogP contribution in [-0.2, 0) is 6.18 Å². The molecule has 0 aliphatic heterocycles. The second kappa shape index (κ2) is 4.16. The lowest BCUT2D eigenvalue weighted by Gasteiger charge is -2.15. The number of alkyl halides is 3. The number of nitrogens with two attached hydrogens (primary N) is 1. The van der Waals surface area contributed by atoms with E-state index in [0.717, 1.165) is 12.3 Å². The molecule has 0 saturated heterocycles. The molecule has 1 aromatic heterocycles. The average Bonchev–Trinajstić information content (AvgIpc) is 2.15. The Morgan fingerprint density at radius 3 is 2.33 bits per heavy atom. The van der Waals surface area contributed by atoms with E-state index in [-0.39, 0.29) is 0 Å². The molecular formula is C9H11F3N2O. The van der Waals surface area contributed by atoms with Crippen LogP contribution in [0.2, 0.25) is 0 Å². The zero-order chi connectivity index (χ0) is 11.6. The maximum absolute atomic E-state index is 12.1. The van der Waals surface area contributed by atoms with Crippen LogP contribution in [0.1, 0.15) is 24.2 Å². The van der Waals surface area contributed by atoms with Crippen molar-refractivity contribution in [1.82, 2.24) is 4.98 Å². The molecule has 1 rings (SSSR count). The van der Waals surface area contributed by atoms with Crippen LogP contribution in [0, 0.1) is 0 Å².